The molecule has 2 atom stereocenters. The third-order valence-corrected chi connectivity index (χ3v) is 6.27. The van der Waals surface area contributed by atoms with E-state index in [-0.39, 0.29) is 11.6 Å². The van der Waals surface area contributed by atoms with E-state index in [9.17, 15) is 0 Å². The molecule has 6 heteroatoms. The summed E-state index contributed by atoms with van der Waals surface area (Å²) < 4.78 is 8.11. The largest absolute Gasteiger partial charge is 0.491 e. The van der Waals surface area contributed by atoms with Gasteiger partial charge in [0.1, 0.15) is 18.5 Å². The summed E-state index contributed by atoms with van der Waals surface area (Å²) in [5.41, 5.74) is 0.884. The average molecular weight is 434 g/mol. The van der Waals surface area contributed by atoms with Crippen LogP contribution in [0.1, 0.15) is 12.0 Å². The van der Waals surface area contributed by atoms with Gasteiger partial charge in [0.2, 0.25) is 0 Å². The summed E-state index contributed by atoms with van der Waals surface area (Å²) in [7, 11) is 2.01. The van der Waals surface area contributed by atoms with Gasteiger partial charge < -0.3 is 9.30 Å². The second kappa shape index (κ2) is 8.35. The standard InChI is InChI=1S/C25H24ClN3O2/c1-28-25(17-29-13-12-27-18-29,21-7-6-19-4-2-3-5-20(19)14-21)15-24(31-28)16-30-23-10-8-22(26)9-11-23/h2-14,18,24H,15-17H2,1H3. The van der Waals surface area contributed by atoms with E-state index in [0.29, 0.717) is 11.6 Å². The van der Waals surface area contributed by atoms with Crippen molar-refractivity contribution in [2.75, 3.05) is 13.7 Å². The first kappa shape index (κ1) is 20.1. The van der Waals surface area contributed by atoms with Crippen LogP contribution in [0.4, 0.5) is 0 Å². The summed E-state index contributed by atoms with van der Waals surface area (Å²) in [4.78, 5) is 10.5. The van der Waals surface area contributed by atoms with E-state index in [4.69, 9.17) is 21.2 Å². The summed E-state index contributed by atoms with van der Waals surface area (Å²) in [5, 5.41) is 5.14. The van der Waals surface area contributed by atoms with Crippen LogP contribution < -0.4 is 4.74 Å². The van der Waals surface area contributed by atoms with Gasteiger partial charge in [-0.2, -0.15) is 5.06 Å². The molecule has 1 aliphatic rings. The zero-order valence-electron chi connectivity index (χ0n) is 17.3. The number of nitrogens with zero attached hydrogens (tertiary/aromatic N) is 3. The van der Waals surface area contributed by atoms with Gasteiger partial charge in [-0.15, -0.1) is 0 Å². The van der Waals surface area contributed by atoms with Gasteiger partial charge in [0, 0.05) is 37.4 Å². The molecule has 0 N–H and O–H groups in total. The number of halogens is 1. The van der Waals surface area contributed by atoms with Gasteiger partial charge in [-0.1, -0.05) is 48.0 Å². The van der Waals surface area contributed by atoms with Crippen molar-refractivity contribution in [2.24, 2.45) is 0 Å². The Balaban J connectivity index is 1.44. The Morgan fingerprint density at radius 1 is 1.10 bits per heavy atom. The average Bonchev–Trinajstić information content (AvgIpc) is 3.41. The molecule has 3 aromatic carbocycles. The number of hydrogen-bond acceptors (Lipinski definition) is 4. The maximum Gasteiger partial charge on any atom is 0.119 e. The smallest absolute Gasteiger partial charge is 0.119 e. The van der Waals surface area contributed by atoms with Crippen LogP contribution in [-0.2, 0) is 16.9 Å². The highest BCUT2D eigenvalue weighted by Crippen LogP contribution is 2.42. The van der Waals surface area contributed by atoms with E-state index in [2.05, 4.69) is 52.0 Å². The number of likely N-dealkylation sites (N-methyl/N-ethyl adjacent to an activating group) is 1. The normalized spacial score (nSPS) is 21.5. The van der Waals surface area contributed by atoms with Crippen molar-refractivity contribution in [3.05, 3.63) is 96.0 Å². The van der Waals surface area contributed by atoms with E-state index < -0.39 is 0 Å². The lowest BCUT2D eigenvalue weighted by atomic mass is 9.84. The first-order valence-corrected chi connectivity index (χ1v) is 10.7. The predicted octanol–water partition coefficient (Wildman–Crippen LogP) is 5.30. The molecule has 0 aliphatic carbocycles. The number of hydroxylamine groups is 2. The number of fused-ring (bicyclic) bond motifs is 1. The molecule has 158 valence electrons. The van der Waals surface area contributed by atoms with Crippen LogP contribution in [0.2, 0.25) is 5.02 Å². The molecule has 4 aromatic rings. The van der Waals surface area contributed by atoms with Crippen molar-refractivity contribution in [3.8, 4) is 5.75 Å². The molecule has 1 aromatic heterocycles. The number of imidazole rings is 1. The quantitative estimate of drug-likeness (QED) is 0.413. The number of rotatable bonds is 6. The number of benzene rings is 3. The van der Waals surface area contributed by atoms with Gasteiger partial charge >= 0.3 is 0 Å². The van der Waals surface area contributed by atoms with E-state index in [1.165, 1.54) is 16.3 Å². The lowest BCUT2D eigenvalue weighted by molar-refractivity contribution is -0.179. The molecule has 0 bridgehead atoms. The topological polar surface area (TPSA) is 39.5 Å². The zero-order valence-corrected chi connectivity index (χ0v) is 18.1. The van der Waals surface area contributed by atoms with Gasteiger partial charge in [0.25, 0.3) is 0 Å². The molecule has 5 nitrogen and oxygen atoms in total. The molecule has 1 saturated heterocycles. The minimum atomic E-state index is -0.335. The van der Waals surface area contributed by atoms with Crippen LogP contribution in [-0.4, -0.2) is 34.4 Å². The Hall–Kier alpha value is -2.86. The minimum absolute atomic E-state index is 0.0735. The molecular formula is C25H24ClN3O2. The monoisotopic (exact) mass is 433 g/mol. The summed E-state index contributed by atoms with van der Waals surface area (Å²) in [6.45, 7) is 1.20. The molecule has 31 heavy (non-hydrogen) atoms. The van der Waals surface area contributed by atoms with Crippen LogP contribution >= 0.6 is 11.6 Å². The maximum atomic E-state index is 6.29. The molecule has 5 rings (SSSR count). The zero-order chi connectivity index (χ0) is 21.3. The van der Waals surface area contributed by atoms with Crippen LogP contribution in [0.5, 0.6) is 5.75 Å². The van der Waals surface area contributed by atoms with Crippen LogP contribution in [0, 0.1) is 0 Å². The number of ether oxygens (including phenoxy) is 1. The third kappa shape index (κ3) is 4.04. The van der Waals surface area contributed by atoms with Crippen LogP contribution in [0.25, 0.3) is 10.8 Å². The van der Waals surface area contributed by atoms with Crippen molar-refractivity contribution in [1.29, 1.82) is 0 Å². The Labute approximate surface area is 186 Å². The Kier molecular flexibility index (Phi) is 5.40. The van der Waals surface area contributed by atoms with Crippen molar-refractivity contribution in [1.82, 2.24) is 14.6 Å². The highest BCUT2D eigenvalue weighted by atomic mass is 35.5. The molecular weight excluding hydrogens is 410 g/mol. The van der Waals surface area contributed by atoms with Gasteiger partial charge in [0.05, 0.1) is 11.9 Å². The molecule has 0 saturated carbocycles. The molecule has 1 fully saturated rings. The van der Waals surface area contributed by atoms with Gasteiger partial charge in [-0.3, -0.25) is 4.84 Å². The van der Waals surface area contributed by atoms with E-state index >= 15 is 0 Å². The van der Waals surface area contributed by atoms with E-state index in [0.717, 1.165) is 18.7 Å². The lowest BCUT2D eigenvalue weighted by Crippen LogP contribution is -2.41. The SMILES string of the molecule is CN1OC(COc2ccc(Cl)cc2)CC1(Cn1ccnc1)c1ccc2ccccc2c1. The second-order valence-electron chi connectivity index (χ2n) is 8.02. The van der Waals surface area contributed by atoms with Crippen molar-refractivity contribution in [2.45, 2.75) is 24.6 Å². The molecule has 1 aliphatic heterocycles. The van der Waals surface area contributed by atoms with Gasteiger partial charge in [-0.25, -0.2) is 4.98 Å². The highest BCUT2D eigenvalue weighted by Gasteiger charge is 2.47. The summed E-state index contributed by atoms with van der Waals surface area (Å²) in [6.07, 6.45) is 6.39. The highest BCUT2D eigenvalue weighted by molar-refractivity contribution is 6.30. The fourth-order valence-corrected chi connectivity index (χ4v) is 4.52. The third-order valence-electron chi connectivity index (χ3n) is 6.01. The first-order valence-electron chi connectivity index (χ1n) is 10.4. The molecule has 2 unspecified atom stereocenters. The summed E-state index contributed by atoms with van der Waals surface area (Å²) in [6, 6.07) is 22.5. The summed E-state index contributed by atoms with van der Waals surface area (Å²) >= 11 is 5.98. The fraction of sp³-hybridized carbons (Fsp3) is 0.240. The maximum absolute atomic E-state index is 6.29. The minimum Gasteiger partial charge on any atom is -0.491 e. The van der Waals surface area contributed by atoms with Gasteiger partial charge in [0.15, 0.2) is 0 Å². The molecule has 0 radical (unpaired) electrons. The van der Waals surface area contributed by atoms with Crippen molar-refractivity contribution < 1.29 is 9.57 Å². The number of aromatic nitrogens is 2. The molecule has 0 spiro atoms. The van der Waals surface area contributed by atoms with Crippen molar-refractivity contribution in [3.63, 3.8) is 0 Å². The van der Waals surface area contributed by atoms with E-state index in [1.807, 2.05) is 55.1 Å². The lowest BCUT2D eigenvalue weighted by Gasteiger charge is -2.35. The van der Waals surface area contributed by atoms with Crippen molar-refractivity contribution >= 4 is 22.4 Å². The summed E-state index contributed by atoms with van der Waals surface area (Å²) in [5.74, 6) is 0.786. The van der Waals surface area contributed by atoms with E-state index in [1.54, 1.807) is 0 Å². The Morgan fingerprint density at radius 2 is 1.90 bits per heavy atom. The molecule has 0 amide bonds. The van der Waals surface area contributed by atoms with Crippen LogP contribution in [0.3, 0.4) is 0 Å². The Bertz CT molecular complexity index is 1160. The fourth-order valence-electron chi connectivity index (χ4n) is 4.39. The predicted molar refractivity (Wildman–Crippen MR) is 122 cm³/mol. The Morgan fingerprint density at radius 3 is 2.68 bits per heavy atom. The molecule has 2 heterocycles. The second-order valence-corrected chi connectivity index (χ2v) is 8.46. The van der Waals surface area contributed by atoms with Gasteiger partial charge in [-0.05, 0) is 46.7 Å². The first-order chi connectivity index (χ1) is 15.1. The number of hydrogen-bond donors (Lipinski definition) is 0. The van der Waals surface area contributed by atoms with Crippen LogP contribution in [0.15, 0.2) is 85.5 Å².